The van der Waals surface area contributed by atoms with Gasteiger partial charge in [-0.25, -0.2) is 4.79 Å². The zero-order valence-electron chi connectivity index (χ0n) is 9.99. The van der Waals surface area contributed by atoms with Gasteiger partial charge in [0.05, 0.1) is 11.0 Å². The summed E-state index contributed by atoms with van der Waals surface area (Å²) in [7, 11) is -4.04. The predicted octanol–water partition coefficient (Wildman–Crippen LogP) is 1.26. The topological polar surface area (TPSA) is 89.9 Å². The van der Waals surface area contributed by atoms with E-state index in [1.165, 1.54) is 24.3 Å². The molecular weight excluding hydrogens is 260 g/mol. The van der Waals surface area contributed by atoms with Crippen molar-refractivity contribution in [1.82, 2.24) is 0 Å². The standard InChI is InChI=1S/C11H14O6S/c1-8(2)17-9-3-5-10(6-4-9)18(14,15)16-7-11(12)13/h3-6,8H,7H2,1-2H3,(H,12,13). The molecule has 0 spiro atoms. The molecule has 0 heterocycles. The summed E-state index contributed by atoms with van der Waals surface area (Å²) in [6, 6.07) is 5.57. The van der Waals surface area contributed by atoms with E-state index in [0.717, 1.165) is 0 Å². The van der Waals surface area contributed by atoms with E-state index in [-0.39, 0.29) is 11.0 Å². The predicted molar refractivity (Wildman–Crippen MR) is 63.0 cm³/mol. The van der Waals surface area contributed by atoms with Crippen molar-refractivity contribution in [2.24, 2.45) is 0 Å². The average Bonchev–Trinajstić information content (AvgIpc) is 2.26. The zero-order chi connectivity index (χ0) is 13.8. The molecule has 0 aromatic heterocycles. The maximum absolute atomic E-state index is 11.5. The Kier molecular flexibility index (Phi) is 4.69. The first-order valence-corrected chi connectivity index (χ1v) is 6.60. The minimum atomic E-state index is -4.04. The summed E-state index contributed by atoms with van der Waals surface area (Å²) in [5.74, 6) is -0.819. The lowest BCUT2D eigenvalue weighted by Crippen LogP contribution is -2.13. The van der Waals surface area contributed by atoms with Gasteiger partial charge in [-0.05, 0) is 38.1 Å². The number of carboxylic acids is 1. The Morgan fingerprint density at radius 2 is 1.83 bits per heavy atom. The molecule has 0 aliphatic heterocycles. The van der Waals surface area contributed by atoms with E-state index in [1.807, 2.05) is 13.8 Å². The van der Waals surface area contributed by atoms with Crippen LogP contribution in [0, 0.1) is 0 Å². The minimum absolute atomic E-state index is 0.0179. The number of rotatable bonds is 6. The monoisotopic (exact) mass is 274 g/mol. The summed E-state index contributed by atoms with van der Waals surface area (Å²) in [6.45, 7) is 2.80. The number of carboxylic acid groups (broad SMARTS) is 1. The Hall–Kier alpha value is -1.60. The molecule has 0 bridgehead atoms. The van der Waals surface area contributed by atoms with Crippen LogP contribution in [0.3, 0.4) is 0 Å². The van der Waals surface area contributed by atoms with Crippen molar-refractivity contribution in [3.05, 3.63) is 24.3 Å². The first-order chi connectivity index (χ1) is 8.31. The highest BCUT2D eigenvalue weighted by molar-refractivity contribution is 7.86. The Morgan fingerprint density at radius 1 is 1.28 bits per heavy atom. The van der Waals surface area contributed by atoms with E-state index in [9.17, 15) is 13.2 Å². The van der Waals surface area contributed by atoms with Gasteiger partial charge in [-0.2, -0.15) is 8.42 Å². The van der Waals surface area contributed by atoms with Gasteiger partial charge in [0.15, 0.2) is 6.61 Å². The van der Waals surface area contributed by atoms with Crippen LogP contribution in [0.4, 0.5) is 0 Å². The maximum Gasteiger partial charge on any atom is 0.331 e. The molecule has 0 aliphatic rings. The van der Waals surface area contributed by atoms with Crippen LogP contribution >= 0.6 is 0 Å². The molecule has 1 aromatic carbocycles. The largest absolute Gasteiger partial charge is 0.491 e. The highest BCUT2D eigenvalue weighted by atomic mass is 32.2. The van der Waals surface area contributed by atoms with E-state index in [1.54, 1.807) is 0 Å². The molecule has 7 heteroatoms. The fourth-order valence-corrected chi connectivity index (χ4v) is 2.01. The highest BCUT2D eigenvalue weighted by Crippen LogP contribution is 2.18. The molecule has 0 saturated heterocycles. The molecule has 1 rings (SSSR count). The Balaban J connectivity index is 2.81. The van der Waals surface area contributed by atoms with Crippen LogP contribution in [0.15, 0.2) is 29.2 Å². The van der Waals surface area contributed by atoms with Gasteiger partial charge < -0.3 is 9.84 Å². The first kappa shape index (κ1) is 14.5. The van der Waals surface area contributed by atoms with Crippen molar-refractivity contribution in [2.45, 2.75) is 24.8 Å². The molecule has 100 valence electrons. The van der Waals surface area contributed by atoms with Gasteiger partial charge in [0.25, 0.3) is 10.1 Å². The number of benzene rings is 1. The maximum atomic E-state index is 11.5. The van der Waals surface area contributed by atoms with E-state index in [4.69, 9.17) is 9.84 Å². The first-order valence-electron chi connectivity index (χ1n) is 5.19. The third kappa shape index (κ3) is 4.34. The van der Waals surface area contributed by atoms with Crippen molar-refractivity contribution in [2.75, 3.05) is 6.61 Å². The minimum Gasteiger partial charge on any atom is -0.491 e. The van der Waals surface area contributed by atoms with Crippen LogP contribution in [0.2, 0.25) is 0 Å². The Bertz CT molecular complexity index is 503. The fourth-order valence-electron chi connectivity index (χ4n) is 1.15. The average molecular weight is 274 g/mol. The molecular formula is C11H14O6S. The molecule has 0 radical (unpaired) electrons. The smallest absolute Gasteiger partial charge is 0.331 e. The van der Waals surface area contributed by atoms with E-state index in [0.29, 0.717) is 5.75 Å². The van der Waals surface area contributed by atoms with Crippen molar-refractivity contribution in [1.29, 1.82) is 0 Å². The lowest BCUT2D eigenvalue weighted by atomic mass is 10.3. The van der Waals surface area contributed by atoms with Gasteiger partial charge in [-0.3, -0.25) is 4.18 Å². The van der Waals surface area contributed by atoms with Crippen molar-refractivity contribution in [3.63, 3.8) is 0 Å². The van der Waals surface area contributed by atoms with Gasteiger partial charge in [0.1, 0.15) is 5.75 Å². The molecule has 1 N–H and O–H groups in total. The molecule has 0 fully saturated rings. The quantitative estimate of drug-likeness (QED) is 0.785. The van der Waals surface area contributed by atoms with Gasteiger partial charge in [0, 0.05) is 0 Å². The number of carbonyl (C=O) groups is 1. The second-order valence-corrected chi connectivity index (χ2v) is 5.36. The van der Waals surface area contributed by atoms with Crippen LogP contribution in [0.25, 0.3) is 0 Å². The van der Waals surface area contributed by atoms with Gasteiger partial charge in [-0.15, -0.1) is 0 Å². The lowest BCUT2D eigenvalue weighted by molar-refractivity contribution is -0.139. The molecule has 0 amide bonds. The van der Waals surface area contributed by atoms with E-state index >= 15 is 0 Å². The highest BCUT2D eigenvalue weighted by Gasteiger charge is 2.16. The second-order valence-electron chi connectivity index (χ2n) is 3.75. The second kappa shape index (κ2) is 5.83. The van der Waals surface area contributed by atoms with Crippen LogP contribution in [0.1, 0.15) is 13.8 Å². The lowest BCUT2D eigenvalue weighted by Gasteiger charge is -2.10. The SMILES string of the molecule is CC(C)Oc1ccc(S(=O)(=O)OCC(=O)O)cc1. The summed E-state index contributed by atoms with van der Waals surface area (Å²) >= 11 is 0. The van der Waals surface area contributed by atoms with Gasteiger partial charge >= 0.3 is 5.97 Å². The molecule has 6 nitrogen and oxygen atoms in total. The van der Waals surface area contributed by atoms with Gasteiger partial charge in [0.2, 0.25) is 0 Å². The Labute approximate surface area is 105 Å². The zero-order valence-corrected chi connectivity index (χ0v) is 10.8. The number of hydrogen-bond donors (Lipinski definition) is 1. The van der Waals surface area contributed by atoms with Crippen molar-refractivity contribution >= 4 is 16.1 Å². The fraction of sp³-hybridized carbons (Fsp3) is 0.364. The third-order valence-electron chi connectivity index (χ3n) is 1.82. The molecule has 0 atom stereocenters. The summed E-state index contributed by atoms with van der Waals surface area (Å²) in [5, 5.41) is 8.36. The van der Waals surface area contributed by atoms with Crippen LogP contribution < -0.4 is 4.74 Å². The Morgan fingerprint density at radius 3 is 2.28 bits per heavy atom. The summed E-state index contributed by atoms with van der Waals surface area (Å²) in [5.41, 5.74) is 0. The van der Waals surface area contributed by atoms with Crippen LogP contribution in [0.5, 0.6) is 5.75 Å². The number of hydrogen-bond acceptors (Lipinski definition) is 5. The summed E-state index contributed by atoms with van der Waals surface area (Å²) < 4.78 is 32.8. The van der Waals surface area contributed by atoms with Crippen molar-refractivity contribution in [3.8, 4) is 5.75 Å². The number of ether oxygens (including phenoxy) is 1. The van der Waals surface area contributed by atoms with Crippen molar-refractivity contribution < 1.29 is 27.2 Å². The molecule has 0 aliphatic carbocycles. The molecule has 1 aromatic rings. The van der Waals surface area contributed by atoms with Crippen LogP contribution in [-0.4, -0.2) is 32.2 Å². The summed E-state index contributed by atoms with van der Waals surface area (Å²) in [4.78, 5) is 10.1. The molecule has 0 saturated carbocycles. The number of aliphatic carboxylic acids is 1. The molecule has 18 heavy (non-hydrogen) atoms. The van der Waals surface area contributed by atoms with E-state index in [2.05, 4.69) is 4.18 Å². The van der Waals surface area contributed by atoms with Crippen LogP contribution in [-0.2, 0) is 19.1 Å². The van der Waals surface area contributed by atoms with E-state index < -0.39 is 22.7 Å². The molecule has 0 unspecified atom stereocenters. The van der Waals surface area contributed by atoms with Gasteiger partial charge in [-0.1, -0.05) is 0 Å². The summed E-state index contributed by atoms with van der Waals surface area (Å²) in [6.07, 6.45) is -0.0179. The third-order valence-corrected chi connectivity index (χ3v) is 3.10. The normalized spacial score (nSPS) is 11.5.